The minimum absolute atomic E-state index is 0.0118. The van der Waals surface area contributed by atoms with Crippen LogP contribution in [0.2, 0.25) is 0 Å². The van der Waals surface area contributed by atoms with Crippen molar-refractivity contribution >= 4 is 16.9 Å². The maximum atomic E-state index is 14.3. The fourth-order valence-electron chi connectivity index (χ4n) is 3.11. The lowest BCUT2D eigenvalue weighted by Crippen LogP contribution is -2.24. The molecule has 3 rings (SSSR count). The number of rotatable bonds is 7. The van der Waals surface area contributed by atoms with Crippen molar-refractivity contribution in [3.63, 3.8) is 0 Å². The quantitative estimate of drug-likeness (QED) is 0.427. The molecule has 1 heterocycles. The van der Waals surface area contributed by atoms with Gasteiger partial charge in [0.25, 0.3) is 12.3 Å². The van der Waals surface area contributed by atoms with Crippen LogP contribution in [0.25, 0.3) is 22.4 Å². The first-order chi connectivity index (χ1) is 14.8. The van der Waals surface area contributed by atoms with Crippen LogP contribution in [0.4, 0.5) is 13.2 Å². The third-order valence-corrected chi connectivity index (χ3v) is 4.76. The highest BCUT2D eigenvalue weighted by Gasteiger charge is 2.20. The zero-order valence-electron chi connectivity index (χ0n) is 17.2. The second kappa shape index (κ2) is 9.47. The van der Waals surface area contributed by atoms with Crippen LogP contribution in [-0.2, 0) is 0 Å². The fraction of sp³-hybridized carbons (Fsp3) is 0.167. The number of benzene rings is 2. The fourth-order valence-corrected chi connectivity index (χ4v) is 3.11. The molecule has 2 N–H and O–H groups in total. The Morgan fingerprint density at radius 3 is 2.71 bits per heavy atom. The van der Waals surface area contributed by atoms with Crippen LogP contribution >= 0.6 is 0 Å². The number of imidazole rings is 1. The molecule has 0 aliphatic carbocycles. The van der Waals surface area contributed by atoms with Gasteiger partial charge in [-0.2, -0.15) is 0 Å². The second-order valence-corrected chi connectivity index (χ2v) is 6.84. The van der Waals surface area contributed by atoms with E-state index in [4.69, 9.17) is 0 Å². The van der Waals surface area contributed by atoms with Gasteiger partial charge in [-0.1, -0.05) is 49.9 Å². The normalized spacial score (nSPS) is 12.1. The number of amides is 1. The van der Waals surface area contributed by atoms with Gasteiger partial charge in [-0.05, 0) is 37.1 Å². The third kappa shape index (κ3) is 4.77. The predicted molar refractivity (Wildman–Crippen MR) is 116 cm³/mol. The number of aromatic nitrogens is 2. The molecule has 4 nitrogen and oxygen atoms in total. The highest BCUT2D eigenvalue weighted by atomic mass is 19.3. The number of halogens is 3. The summed E-state index contributed by atoms with van der Waals surface area (Å²) < 4.78 is 41.1. The Bertz CT molecular complexity index is 1190. The van der Waals surface area contributed by atoms with Crippen LogP contribution in [-0.4, -0.2) is 15.9 Å². The summed E-state index contributed by atoms with van der Waals surface area (Å²) in [7, 11) is 0. The van der Waals surface area contributed by atoms with Gasteiger partial charge in [0, 0.05) is 16.8 Å². The van der Waals surface area contributed by atoms with Crippen molar-refractivity contribution in [2.75, 3.05) is 0 Å². The van der Waals surface area contributed by atoms with Crippen LogP contribution in [0.1, 0.15) is 42.6 Å². The molecule has 0 fully saturated rings. The molecular weight excluding hydrogens is 403 g/mol. The number of nitrogens with one attached hydrogen (secondary N) is 2. The largest absolute Gasteiger partial charge is 0.338 e. The number of nitrogens with zero attached hydrogens (tertiary/aromatic N) is 1. The van der Waals surface area contributed by atoms with Crippen molar-refractivity contribution in [3.8, 4) is 11.4 Å². The molecule has 1 aromatic heterocycles. The van der Waals surface area contributed by atoms with Gasteiger partial charge >= 0.3 is 0 Å². The summed E-state index contributed by atoms with van der Waals surface area (Å²) in [6, 6.07) is 8.16. The van der Waals surface area contributed by atoms with Crippen molar-refractivity contribution in [1.82, 2.24) is 15.3 Å². The van der Waals surface area contributed by atoms with E-state index in [0.717, 1.165) is 6.07 Å². The summed E-state index contributed by atoms with van der Waals surface area (Å²) in [5.74, 6) is -1.09. The molecule has 0 bridgehead atoms. The summed E-state index contributed by atoms with van der Waals surface area (Å²) in [5, 5.41) is 2.75. The van der Waals surface area contributed by atoms with Gasteiger partial charge in [0.1, 0.15) is 17.2 Å². The first-order valence-electron chi connectivity index (χ1n) is 9.74. The molecular formula is C24H22F3N3O. The summed E-state index contributed by atoms with van der Waals surface area (Å²) in [6.45, 7) is 7.68. The van der Waals surface area contributed by atoms with Gasteiger partial charge < -0.3 is 10.3 Å². The molecule has 31 heavy (non-hydrogen) atoms. The zero-order valence-corrected chi connectivity index (χ0v) is 17.2. The molecule has 0 saturated heterocycles. The van der Waals surface area contributed by atoms with Gasteiger partial charge in [0.2, 0.25) is 0 Å². The molecule has 0 atom stereocenters. The monoisotopic (exact) mass is 425 g/mol. The van der Waals surface area contributed by atoms with E-state index in [9.17, 15) is 18.0 Å². The van der Waals surface area contributed by atoms with Crippen LogP contribution in [0.15, 0.2) is 72.5 Å². The van der Waals surface area contributed by atoms with Crippen molar-refractivity contribution in [2.24, 2.45) is 0 Å². The maximum absolute atomic E-state index is 14.3. The van der Waals surface area contributed by atoms with Gasteiger partial charge in [0.15, 0.2) is 0 Å². The average molecular weight is 425 g/mol. The number of hydrogen-bond donors (Lipinski definition) is 2. The van der Waals surface area contributed by atoms with E-state index in [1.807, 2.05) is 13.8 Å². The Morgan fingerprint density at radius 2 is 2.03 bits per heavy atom. The van der Waals surface area contributed by atoms with E-state index in [0.29, 0.717) is 17.7 Å². The highest BCUT2D eigenvalue weighted by molar-refractivity contribution is 6.06. The first-order valence-corrected chi connectivity index (χ1v) is 9.74. The van der Waals surface area contributed by atoms with Gasteiger partial charge in [-0.3, -0.25) is 4.79 Å². The molecule has 0 unspecified atom stereocenters. The minimum atomic E-state index is -2.71. The number of allylic oxidation sites excluding steroid dienone is 4. The lowest BCUT2D eigenvalue weighted by atomic mass is 10.1. The smallest absolute Gasteiger partial charge is 0.264 e. The highest BCUT2D eigenvalue weighted by Crippen LogP contribution is 2.31. The van der Waals surface area contributed by atoms with Gasteiger partial charge in [-0.25, -0.2) is 18.2 Å². The maximum Gasteiger partial charge on any atom is 0.264 e. The van der Waals surface area contributed by atoms with E-state index < -0.39 is 18.1 Å². The Hall–Kier alpha value is -3.61. The first kappa shape index (κ1) is 22.1. The van der Waals surface area contributed by atoms with Gasteiger partial charge in [-0.15, -0.1) is 0 Å². The number of hydrogen-bond acceptors (Lipinski definition) is 2. The molecule has 0 aliphatic rings. The van der Waals surface area contributed by atoms with E-state index >= 15 is 0 Å². The summed E-state index contributed by atoms with van der Waals surface area (Å²) in [4.78, 5) is 20.2. The molecule has 0 spiro atoms. The number of carbonyl (C=O) groups excluding carboxylic acids is 1. The van der Waals surface area contributed by atoms with Crippen molar-refractivity contribution < 1.29 is 18.0 Å². The number of aromatic amines is 1. The summed E-state index contributed by atoms with van der Waals surface area (Å²) in [6.07, 6.45) is 3.17. The standard InChI is InChI=1S/C24H22F3N3O/c1-4-6-11-19(14(3)5-2)29-24(31)18-12-15(25)13-20-21(18)30-23(28-20)17-10-8-7-9-16(17)22(26)27/h4,6-13,22H,3,5H2,1-2H3,(H,28,30)(H,29,31). The molecule has 2 aromatic carbocycles. The van der Waals surface area contributed by atoms with Gasteiger partial charge in [0.05, 0.1) is 11.1 Å². The lowest BCUT2D eigenvalue weighted by molar-refractivity contribution is 0.0967. The summed E-state index contributed by atoms with van der Waals surface area (Å²) >= 11 is 0. The van der Waals surface area contributed by atoms with Crippen molar-refractivity contribution in [1.29, 1.82) is 0 Å². The molecule has 3 aromatic rings. The molecule has 0 aliphatic heterocycles. The van der Waals surface area contributed by atoms with E-state index in [2.05, 4.69) is 21.9 Å². The van der Waals surface area contributed by atoms with Crippen LogP contribution in [0, 0.1) is 5.82 Å². The SMILES string of the molecule is C=C(CC)C(=CC=CC)NC(=O)c1cc(F)cc2[nH]c(-c3ccccc3C(F)F)nc12. The van der Waals surface area contributed by atoms with E-state index in [-0.39, 0.29) is 33.5 Å². The second-order valence-electron chi connectivity index (χ2n) is 6.84. The number of H-pyrrole nitrogens is 1. The molecule has 160 valence electrons. The zero-order chi connectivity index (χ0) is 22.5. The Balaban J connectivity index is 2.08. The van der Waals surface area contributed by atoms with E-state index in [1.54, 1.807) is 24.3 Å². The van der Waals surface area contributed by atoms with Crippen molar-refractivity contribution in [3.05, 3.63) is 89.4 Å². The third-order valence-electron chi connectivity index (χ3n) is 4.76. The Labute approximate surface area is 178 Å². The molecule has 7 heteroatoms. The lowest BCUT2D eigenvalue weighted by Gasteiger charge is -2.11. The Kier molecular flexibility index (Phi) is 6.74. The predicted octanol–water partition coefficient (Wildman–Crippen LogP) is 6.46. The van der Waals surface area contributed by atoms with Crippen LogP contribution in [0.5, 0.6) is 0 Å². The van der Waals surface area contributed by atoms with E-state index in [1.165, 1.54) is 24.3 Å². The average Bonchev–Trinajstić information content (AvgIpc) is 3.18. The van der Waals surface area contributed by atoms with Crippen LogP contribution in [0.3, 0.4) is 0 Å². The molecule has 0 saturated carbocycles. The number of alkyl halides is 2. The van der Waals surface area contributed by atoms with Crippen molar-refractivity contribution in [2.45, 2.75) is 26.7 Å². The number of carbonyl (C=O) groups is 1. The minimum Gasteiger partial charge on any atom is -0.338 e. The van der Waals surface area contributed by atoms with Crippen LogP contribution < -0.4 is 5.32 Å². The molecule has 0 radical (unpaired) electrons. The Morgan fingerprint density at radius 1 is 1.29 bits per heavy atom. The molecule has 1 amide bonds. The number of fused-ring (bicyclic) bond motifs is 1. The summed E-state index contributed by atoms with van der Waals surface area (Å²) in [5.41, 5.74) is 1.59. The topological polar surface area (TPSA) is 57.8 Å².